The van der Waals surface area contributed by atoms with Crippen molar-refractivity contribution >= 4 is 23.4 Å². The highest BCUT2D eigenvalue weighted by Gasteiger charge is 2.29. The lowest BCUT2D eigenvalue weighted by atomic mass is 9.97. The molecule has 2 heterocycles. The molecular weight excluding hydrogens is 264 g/mol. The molecule has 1 fully saturated rings. The summed E-state index contributed by atoms with van der Waals surface area (Å²) < 4.78 is 9.15. The zero-order valence-corrected chi connectivity index (χ0v) is 12.0. The smallest absolute Gasteiger partial charge is 0.309 e. The van der Waals surface area contributed by atoms with Crippen LogP contribution in [0.2, 0.25) is 0 Å². The van der Waals surface area contributed by atoms with E-state index in [0.717, 1.165) is 4.88 Å². The fourth-order valence-corrected chi connectivity index (χ4v) is 2.75. The van der Waals surface area contributed by atoms with Gasteiger partial charge in [-0.25, -0.2) is 0 Å². The first-order valence-electron chi connectivity index (χ1n) is 6.51. The molecule has 0 aromatic carbocycles. The highest BCUT2D eigenvalue weighted by molar-refractivity contribution is 7.05. The van der Waals surface area contributed by atoms with E-state index in [1.54, 1.807) is 11.8 Å². The van der Waals surface area contributed by atoms with Crippen molar-refractivity contribution in [3.63, 3.8) is 0 Å². The first-order chi connectivity index (χ1) is 9.11. The zero-order valence-electron chi connectivity index (χ0n) is 11.2. The molecule has 5 nitrogen and oxygen atoms in total. The van der Waals surface area contributed by atoms with Crippen LogP contribution in [-0.2, 0) is 9.53 Å². The third kappa shape index (κ3) is 3.32. The number of esters is 1. The molecule has 0 radical (unpaired) electrons. The number of amides is 1. The summed E-state index contributed by atoms with van der Waals surface area (Å²) in [5, 5.41) is 0. The van der Waals surface area contributed by atoms with Crippen LogP contribution in [-0.4, -0.2) is 40.8 Å². The van der Waals surface area contributed by atoms with Gasteiger partial charge in [-0.05, 0) is 44.3 Å². The Labute approximate surface area is 116 Å². The number of rotatable bonds is 3. The number of carbonyl (C=O) groups excluding carboxylic acids is 2. The Balaban J connectivity index is 1.89. The molecule has 1 aliphatic heterocycles. The van der Waals surface area contributed by atoms with E-state index in [1.807, 2.05) is 13.0 Å². The predicted molar refractivity (Wildman–Crippen MR) is 72.1 cm³/mol. The molecule has 104 valence electrons. The van der Waals surface area contributed by atoms with Crippen LogP contribution in [0.25, 0.3) is 0 Å². The van der Waals surface area contributed by atoms with Crippen LogP contribution in [0.15, 0.2) is 6.07 Å². The Morgan fingerprint density at radius 1 is 1.47 bits per heavy atom. The van der Waals surface area contributed by atoms with E-state index >= 15 is 0 Å². The monoisotopic (exact) mass is 282 g/mol. The van der Waals surface area contributed by atoms with Gasteiger partial charge < -0.3 is 9.64 Å². The van der Waals surface area contributed by atoms with Crippen LogP contribution in [0.4, 0.5) is 0 Å². The van der Waals surface area contributed by atoms with Crippen molar-refractivity contribution in [2.75, 3.05) is 19.7 Å². The lowest BCUT2D eigenvalue weighted by Gasteiger charge is -2.30. The number of carbonyl (C=O) groups is 2. The van der Waals surface area contributed by atoms with Gasteiger partial charge in [0.1, 0.15) is 5.69 Å². The maximum Gasteiger partial charge on any atom is 0.309 e. The minimum absolute atomic E-state index is 0.0355. The molecule has 6 heteroatoms. The van der Waals surface area contributed by atoms with Crippen molar-refractivity contribution in [1.29, 1.82) is 0 Å². The van der Waals surface area contributed by atoms with Crippen molar-refractivity contribution in [3.05, 3.63) is 16.6 Å². The van der Waals surface area contributed by atoms with Gasteiger partial charge in [-0.15, -0.1) is 0 Å². The predicted octanol–water partition coefficient (Wildman–Crippen LogP) is 1.87. The number of aromatic nitrogens is 1. The van der Waals surface area contributed by atoms with E-state index in [1.165, 1.54) is 11.5 Å². The number of hydrogen-bond acceptors (Lipinski definition) is 5. The summed E-state index contributed by atoms with van der Waals surface area (Å²) in [4.78, 5) is 26.6. The second-order valence-electron chi connectivity index (χ2n) is 4.64. The zero-order chi connectivity index (χ0) is 13.8. The molecule has 2 rings (SSSR count). The van der Waals surface area contributed by atoms with E-state index in [2.05, 4.69) is 4.37 Å². The number of nitrogens with zero attached hydrogens (tertiary/aromatic N) is 2. The number of piperidine rings is 1. The van der Waals surface area contributed by atoms with Crippen LogP contribution in [0.5, 0.6) is 0 Å². The van der Waals surface area contributed by atoms with E-state index in [4.69, 9.17) is 4.74 Å². The fourth-order valence-electron chi connectivity index (χ4n) is 2.21. The third-order valence-corrected chi connectivity index (χ3v) is 3.94. The standard InChI is InChI=1S/C13H18N2O3S/c1-3-18-13(17)10-4-6-15(7-5-10)12(16)11-8-9(2)19-14-11/h8,10H,3-7H2,1-2H3. The van der Waals surface area contributed by atoms with Crippen molar-refractivity contribution in [2.24, 2.45) is 5.92 Å². The van der Waals surface area contributed by atoms with Gasteiger partial charge in [-0.1, -0.05) is 0 Å². The van der Waals surface area contributed by atoms with Crippen molar-refractivity contribution < 1.29 is 14.3 Å². The van der Waals surface area contributed by atoms with Crippen LogP contribution in [0, 0.1) is 12.8 Å². The van der Waals surface area contributed by atoms with Gasteiger partial charge in [0, 0.05) is 18.0 Å². The quantitative estimate of drug-likeness (QED) is 0.794. The van der Waals surface area contributed by atoms with E-state index in [9.17, 15) is 9.59 Å². The van der Waals surface area contributed by atoms with Crippen LogP contribution < -0.4 is 0 Å². The first kappa shape index (κ1) is 14.0. The van der Waals surface area contributed by atoms with Gasteiger partial charge in [0.15, 0.2) is 0 Å². The lowest BCUT2D eigenvalue weighted by Crippen LogP contribution is -2.40. The molecule has 0 spiro atoms. The summed E-state index contributed by atoms with van der Waals surface area (Å²) in [5.74, 6) is -0.244. The number of aryl methyl sites for hydroxylation is 1. The molecule has 1 aromatic heterocycles. The highest BCUT2D eigenvalue weighted by Crippen LogP contribution is 2.20. The minimum Gasteiger partial charge on any atom is -0.466 e. The fraction of sp³-hybridized carbons (Fsp3) is 0.615. The lowest BCUT2D eigenvalue weighted by molar-refractivity contribution is -0.149. The second-order valence-corrected chi connectivity index (χ2v) is 5.65. The largest absolute Gasteiger partial charge is 0.466 e. The van der Waals surface area contributed by atoms with E-state index < -0.39 is 0 Å². The summed E-state index contributed by atoms with van der Waals surface area (Å²) in [6.45, 7) is 5.34. The Hall–Kier alpha value is -1.43. The summed E-state index contributed by atoms with van der Waals surface area (Å²) >= 11 is 1.34. The molecule has 0 unspecified atom stereocenters. The molecular formula is C13H18N2O3S. The molecule has 0 N–H and O–H groups in total. The highest BCUT2D eigenvalue weighted by atomic mass is 32.1. The van der Waals surface area contributed by atoms with Gasteiger partial charge in [0.2, 0.25) is 0 Å². The number of likely N-dealkylation sites (tertiary alicyclic amines) is 1. The molecule has 0 bridgehead atoms. The first-order valence-corrected chi connectivity index (χ1v) is 7.28. The Morgan fingerprint density at radius 3 is 2.68 bits per heavy atom. The SMILES string of the molecule is CCOC(=O)C1CCN(C(=O)c2cc(C)sn2)CC1. The maximum absolute atomic E-state index is 12.2. The molecule has 0 aliphatic carbocycles. The van der Waals surface area contributed by atoms with Crippen LogP contribution in [0.3, 0.4) is 0 Å². The molecule has 1 aliphatic rings. The average Bonchev–Trinajstić information content (AvgIpc) is 2.85. The minimum atomic E-state index is -0.140. The number of hydrogen-bond donors (Lipinski definition) is 0. The van der Waals surface area contributed by atoms with Crippen molar-refractivity contribution in [3.8, 4) is 0 Å². The summed E-state index contributed by atoms with van der Waals surface area (Å²) in [5.41, 5.74) is 0.511. The molecule has 0 atom stereocenters. The van der Waals surface area contributed by atoms with E-state index in [0.29, 0.717) is 38.2 Å². The molecule has 1 amide bonds. The Morgan fingerprint density at radius 2 is 2.16 bits per heavy atom. The van der Waals surface area contributed by atoms with Crippen molar-refractivity contribution in [1.82, 2.24) is 9.27 Å². The van der Waals surface area contributed by atoms with Crippen LogP contribution >= 0.6 is 11.5 Å². The Bertz CT molecular complexity index is 464. The second kappa shape index (κ2) is 6.14. The molecule has 19 heavy (non-hydrogen) atoms. The summed E-state index contributed by atoms with van der Waals surface area (Å²) in [6.07, 6.45) is 1.35. The normalized spacial score (nSPS) is 16.4. The van der Waals surface area contributed by atoms with Crippen molar-refractivity contribution in [2.45, 2.75) is 26.7 Å². The van der Waals surface area contributed by atoms with Crippen LogP contribution in [0.1, 0.15) is 35.1 Å². The van der Waals surface area contributed by atoms with Gasteiger partial charge in [-0.2, -0.15) is 4.37 Å². The molecule has 0 saturated carbocycles. The average molecular weight is 282 g/mol. The molecule has 1 saturated heterocycles. The third-order valence-electron chi connectivity index (χ3n) is 3.25. The summed E-state index contributed by atoms with van der Waals surface area (Å²) in [7, 11) is 0. The topological polar surface area (TPSA) is 59.5 Å². The van der Waals surface area contributed by atoms with Gasteiger partial charge >= 0.3 is 5.97 Å². The summed E-state index contributed by atoms with van der Waals surface area (Å²) in [6, 6.07) is 1.81. The van der Waals surface area contributed by atoms with Gasteiger partial charge in [0.05, 0.1) is 12.5 Å². The van der Waals surface area contributed by atoms with Gasteiger partial charge in [0.25, 0.3) is 5.91 Å². The Kier molecular flexibility index (Phi) is 4.52. The van der Waals surface area contributed by atoms with Gasteiger partial charge in [-0.3, -0.25) is 9.59 Å². The molecule has 1 aromatic rings. The van der Waals surface area contributed by atoms with E-state index in [-0.39, 0.29) is 17.8 Å². The number of ether oxygens (including phenoxy) is 1. The maximum atomic E-state index is 12.2.